The molecule has 0 radical (unpaired) electrons. The summed E-state index contributed by atoms with van der Waals surface area (Å²) in [7, 11) is 0. The van der Waals surface area contributed by atoms with E-state index in [0.717, 1.165) is 22.0 Å². The second-order valence-corrected chi connectivity index (χ2v) is 5.93. The molecule has 0 atom stereocenters. The molecule has 0 saturated heterocycles. The third-order valence-corrected chi connectivity index (χ3v) is 4.23. The molecule has 152 valence electrons. The first-order valence-electron chi connectivity index (χ1n) is 9.62. The lowest BCUT2D eigenvalue weighted by atomic mass is 10.1. The molecule has 6 nitrogen and oxygen atoms in total. The molecule has 29 heavy (non-hydrogen) atoms. The zero-order valence-corrected chi connectivity index (χ0v) is 17.7. The van der Waals surface area contributed by atoms with Crippen LogP contribution >= 0.6 is 11.6 Å². The molecule has 4 aromatic rings. The Hall–Kier alpha value is -3.12. The van der Waals surface area contributed by atoms with Gasteiger partial charge in [-0.25, -0.2) is 0 Å². The molecule has 2 N–H and O–H groups in total. The van der Waals surface area contributed by atoms with Gasteiger partial charge in [-0.05, 0) is 29.8 Å². The van der Waals surface area contributed by atoms with Crippen molar-refractivity contribution in [1.29, 1.82) is 0 Å². The summed E-state index contributed by atoms with van der Waals surface area (Å²) in [5, 5.41) is 15.1. The molecule has 0 unspecified atom stereocenters. The number of carbonyl (C=O) groups excluding carboxylic acids is 1. The fraction of sp³-hybridized carbons (Fsp3) is 0.227. The number of hydrogen-bond donors (Lipinski definition) is 2. The summed E-state index contributed by atoms with van der Waals surface area (Å²) in [4.78, 5) is 12.3. The average molecular weight is 413 g/mol. The second-order valence-electron chi connectivity index (χ2n) is 5.52. The van der Waals surface area contributed by atoms with E-state index in [9.17, 15) is 4.79 Å². The van der Waals surface area contributed by atoms with Crippen LogP contribution in [0.25, 0.3) is 22.2 Å². The summed E-state index contributed by atoms with van der Waals surface area (Å²) in [6.07, 6.45) is 1.73. The van der Waals surface area contributed by atoms with Gasteiger partial charge in [0.05, 0.1) is 11.7 Å². The van der Waals surface area contributed by atoms with Crippen molar-refractivity contribution >= 4 is 28.4 Å². The number of halogens is 1. The maximum Gasteiger partial charge on any atom is 0.273 e. The minimum absolute atomic E-state index is 0.217. The first kappa shape index (κ1) is 22.2. The molecule has 0 fully saturated rings. The van der Waals surface area contributed by atoms with E-state index in [4.69, 9.17) is 16.1 Å². The monoisotopic (exact) mass is 412 g/mol. The van der Waals surface area contributed by atoms with Gasteiger partial charge in [0.25, 0.3) is 5.91 Å². The summed E-state index contributed by atoms with van der Waals surface area (Å²) in [6, 6.07) is 14.7. The Balaban J connectivity index is 0.000000707. The summed E-state index contributed by atoms with van der Waals surface area (Å²) in [6.45, 7) is 8.32. The van der Waals surface area contributed by atoms with Crippen LogP contribution in [-0.4, -0.2) is 21.3 Å². The summed E-state index contributed by atoms with van der Waals surface area (Å²) < 4.78 is 5.31. The quantitative estimate of drug-likeness (QED) is 0.440. The molecule has 1 amide bonds. The van der Waals surface area contributed by atoms with Gasteiger partial charge < -0.3 is 9.84 Å². The van der Waals surface area contributed by atoms with Gasteiger partial charge in [0.15, 0.2) is 11.5 Å². The van der Waals surface area contributed by atoms with E-state index in [-0.39, 0.29) is 11.6 Å². The standard InChI is InChI=1S/C18H13ClN4O2.2C2H6/c19-14-4-2-1-3-12(14)9-20-18(24)16-8-17(25-23-16)11-5-6-15-13(7-11)10-21-22-15;2*1-2/h1-8,10H,9H2,(H,20,24)(H,21,22);2*1-2H3. The second kappa shape index (κ2) is 11.0. The highest BCUT2D eigenvalue weighted by atomic mass is 35.5. The molecule has 2 aromatic carbocycles. The molecule has 4 rings (SSSR count). The van der Waals surface area contributed by atoms with Crippen molar-refractivity contribution < 1.29 is 9.32 Å². The van der Waals surface area contributed by atoms with Gasteiger partial charge in [-0.15, -0.1) is 0 Å². The number of carbonyl (C=O) groups is 1. The van der Waals surface area contributed by atoms with E-state index in [1.807, 2.05) is 64.1 Å². The molecule has 7 heteroatoms. The van der Waals surface area contributed by atoms with Crippen LogP contribution in [0.1, 0.15) is 43.7 Å². The van der Waals surface area contributed by atoms with Crippen molar-refractivity contribution in [3.05, 3.63) is 71.0 Å². The van der Waals surface area contributed by atoms with E-state index < -0.39 is 0 Å². The average Bonchev–Trinajstić information content (AvgIpc) is 3.45. The highest BCUT2D eigenvalue weighted by Crippen LogP contribution is 2.24. The Kier molecular flexibility index (Phi) is 8.43. The molecule has 0 spiro atoms. The Morgan fingerprint density at radius 2 is 1.86 bits per heavy atom. The van der Waals surface area contributed by atoms with Crippen molar-refractivity contribution in [2.24, 2.45) is 0 Å². The van der Waals surface area contributed by atoms with Crippen molar-refractivity contribution in [2.45, 2.75) is 34.2 Å². The van der Waals surface area contributed by atoms with Gasteiger partial charge in [-0.1, -0.05) is 62.7 Å². The predicted octanol–water partition coefficient (Wildman–Crippen LogP) is 5.85. The van der Waals surface area contributed by atoms with Crippen LogP contribution in [0.4, 0.5) is 0 Å². The van der Waals surface area contributed by atoms with Crippen LogP contribution in [0.3, 0.4) is 0 Å². The summed E-state index contributed by atoms with van der Waals surface area (Å²) >= 11 is 6.08. The summed E-state index contributed by atoms with van der Waals surface area (Å²) in [5.41, 5.74) is 2.81. The predicted molar refractivity (Wildman–Crippen MR) is 117 cm³/mol. The van der Waals surface area contributed by atoms with E-state index in [0.29, 0.717) is 17.3 Å². The highest BCUT2D eigenvalue weighted by molar-refractivity contribution is 6.31. The number of hydrogen-bond acceptors (Lipinski definition) is 4. The minimum Gasteiger partial charge on any atom is -0.355 e. The number of amides is 1. The first-order chi connectivity index (χ1) is 14.2. The third kappa shape index (κ3) is 5.45. The van der Waals surface area contributed by atoms with Gasteiger partial charge in [0, 0.05) is 28.6 Å². The molecular weight excluding hydrogens is 388 g/mol. The molecule has 0 saturated carbocycles. The third-order valence-electron chi connectivity index (χ3n) is 3.86. The van der Waals surface area contributed by atoms with Gasteiger partial charge >= 0.3 is 0 Å². The van der Waals surface area contributed by atoms with Crippen molar-refractivity contribution in [3.8, 4) is 11.3 Å². The lowest BCUT2D eigenvalue weighted by Crippen LogP contribution is -2.23. The Morgan fingerprint density at radius 3 is 2.62 bits per heavy atom. The SMILES string of the molecule is CC.CC.O=C(NCc1ccccc1Cl)c1cc(-c2ccc3[nH]ncc3c2)on1. The Labute approximate surface area is 175 Å². The number of nitrogens with one attached hydrogen (secondary N) is 2. The zero-order chi connectivity index (χ0) is 21.2. The number of benzene rings is 2. The molecule has 0 aliphatic heterocycles. The minimum atomic E-state index is -0.320. The van der Waals surface area contributed by atoms with Crippen LogP contribution in [0.2, 0.25) is 5.02 Å². The zero-order valence-electron chi connectivity index (χ0n) is 17.0. The maximum absolute atomic E-state index is 12.3. The van der Waals surface area contributed by atoms with Gasteiger partial charge in [0.1, 0.15) is 0 Å². The number of aromatic amines is 1. The van der Waals surface area contributed by atoms with Gasteiger partial charge in [-0.3, -0.25) is 9.89 Å². The van der Waals surface area contributed by atoms with Crippen LogP contribution < -0.4 is 5.32 Å². The van der Waals surface area contributed by atoms with E-state index >= 15 is 0 Å². The van der Waals surface area contributed by atoms with Crippen molar-refractivity contribution in [3.63, 3.8) is 0 Å². The largest absolute Gasteiger partial charge is 0.355 e. The fourth-order valence-corrected chi connectivity index (χ4v) is 2.72. The molecule has 0 aliphatic carbocycles. The first-order valence-corrected chi connectivity index (χ1v) is 10.0. The molecule has 2 heterocycles. The number of H-pyrrole nitrogens is 1. The smallest absolute Gasteiger partial charge is 0.273 e. The van der Waals surface area contributed by atoms with E-state index in [2.05, 4.69) is 20.7 Å². The Bertz CT molecular complexity index is 1060. The molecular formula is C22H25ClN4O2. The van der Waals surface area contributed by atoms with Crippen molar-refractivity contribution in [2.75, 3.05) is 0 Å². The lowest BCUT2D eigenvalue weighted by molar-refractivity contribution is 0.0942. The molecule has 2 aromatic heterocycles. The Morgan fingerprint density at radius 1 is 1.10 bits per heavy atom. The highest BCUT2D eigenvalue weighted by Gasteiger charge is 2.14. The maximum atomic E-state index is 12.3. The van der Waals surface area contributed by atoms with Crippen LogP contribution in [0, 0.1) is 0 Å². The number of nitrogens with zero attached hydrogens (tertiary/aromatic N) is 2. The number of fused-ring (bicyclic) bond motifs is 1. The van der Waals surface area contributed by atoms with Gasteiger partial charge in [-0.2, -0.15) is 5.10 Å². The van der Waals surface area contributed by atoms with E-state index in [1.165, 1.54) is 0 Å². The molecule has 0 bridgehead atoms. The topological polar surface area (TPSA) is 83.8 Å². The number of aromatic nitrogens is 3. The van der Waals surface area contributed by atoms with E-state index in [1.54, 1.807) is 18.3 Å². The molecule has 0 aliphatic rings. The summed E-state index contributed by atoms with van der Waals surface area (Å²) in [5.74, 6) is 0.199. The van der Waals surface area contributed by atoms with Crippen LogP contribution in [0.5, 0.6) is 0 Å². The van der Waals surface area contributed by atoms with Crippen LogP contribution in [0.15, 0.2) is 59.3 Å². The van der Waals surface area contributed by atoms with Crippen molar-refractivity contribution in [1.82, 2.24) is 20.7 Å². The fourth-order valence-electron chi connectivity index (χ4n) is 2.52. The van der Waals surface area contributed by atoms with Crippen LogP contribution in [-0.2, 0) is 6.54 Å². The van der Waals surface area contributed by atoms with Gasteiger partial charge in [0.2, 0.25) is 0 Å². The number of rotatable bonds is 4. The lowest BCUT2D eigenvalue weighted by Gasteiger charge is -2.04. The normalized spacial score (nSPS) is 9.83.